The van der Waals surface area contributed by atoms with Gasteiger partial charge in [0.2, 0.25) is 5.91 Å². The summed E-state index contributed by atoms with van der Waals surface area (Å²) in [6, 6.07) is 13.9. The molecule has 2 aromatic carbocycles. The number of amides is 1. The summed E-state index contributed by atoms with van der Waals surface area (Å²) in [5, 5.41) is 0.757. The average Bonchev–Trinajstić information content (AvgIpc) is 3.04. The molecule has 0 saturated heterocycles. The van der Waals surface area contributed by atoms with E-state index in [4.69, 9.17) is 0 Å². The first-order valence-electron chi connectivity index (χ1n) is 8.23. The quantitative estimate of drug-likeness (QED) is 0.772. The summed E-state index contributed by atoms with van der Waals surface area (Å²) >= 11 is 0. The van der Waals surface area contributed by atoms with Gasteiger partial charge in [-0.25, -0.2) is 8.42 Å². The minimum atomic E-state index is -3.81. The van der Waals surface area contributed by atoms with Crippen LogP contribution in [0.25, 0.3) is 10.9 Å². The number of rotatable bonds is 3. The molecule has 0 atom stereocenters. The Balaban J connectivity index is 1.73. The molecule has 6 nitrogen and oxygen atoms in total. The number of pyridine rings is 1. The van der Waals surface area contributed by atoms with Gasteiger partial charge in [-0.3, -0.25) is 14.5 Å². The van der Waals surface area contributed by atoms with Gasteiger partial charge in [0.25, 0.3) is 10.0 Å². The van der Waals surface area contributed by atoms with Gasteiger partial charge < -0.3 is 4.90 Å². The lowest BCUT2D eigenvalue weighted by atomic mass is 10.1. The zero-order chi connectivity index (χ0) is 18.3. The van der Waals surface area contributed by atoms with Crippen molar-refractivity contribution < 1.29 is 13.2 Å². The molecule has 0 spiro atoms. The third-order valence-electron chi connectivity index (χ3n) is 4.50. The molecule has 2 heterocycles. The molecule has 3 aromatic rings. The van der Waals surface area contributed by atoms with Gasteiger partial charge in [0.05, 0.1) is 11.2 Å². The van der Waals surface area contributed by atoms with E-state index in [1.807, 2.05) is 18.2 Å². The number of fused-ring (bicyclic) bond motifs is 2. The van der Waals surface area contributed by atoms with E-state index in [1.54, 1.807) is 35.4 Å². The number of carbonyl (C=O) groups excluding carboxylic acids is 1. The largest absolute Gasteiger partial charge is 0.312 e. The molecule has 0 aliphatic carbocycles. The van der Waals surface area contributed by atoms with E-state index >= 15 is 0 Å². The van der Waals surface area contributed by atoms with Gasteiger partial charge in [0, 0.05) is 30.7 Å². The van der Waals surface area contributed by atoms with E-state index < -0.39 is 10.0 Å². The van der Waals surface area contributed by atoms with Crippen molar-refractivity contribution in [3.05, 3.63) is 60.3 Å². The van der Waals surface area contributed by atoms with Crippen molar-refractivity contribution in [2.45, 2.75) is 18.2 Å². The zero-order valence-corrected chi connectivity index (χ0v) is 15.0. The Morgan fingerprint density at radius 3 is 2.77 bits per heavy atom. The number of carbonyl (C=O) groups is 1. The smallest absolute Gasteiger partial charge is 0.264 e. The lowest BCUT2D eigenvalue weighted by Gasteiger charge is -2.16. The van der Waals surface area contributed by atoms with Crippen molar-refractivity contribution in [1.82, 2.24) is 4.98 Å². The number of aromatic nitrogens is 1. The van der Waals surface area contributed by atoms with Crippen molar-refractivity contribution >= 4 is 38.2 Å². The lowest BCUT2D eigenvalue weighted by Crippen LogP contribution is -2.25. The normalized spacial score (nSPS) is 13.7. The van der Waals surface area contributed by atoms with Gasteiger partial charge >= 0.3 is 0 Å². The van der Waals surface area contributed by atoms with Crippen molar-refractivity contribution in [2.24, 2.45) is 0 Å². The lowest BCUT2D eigenvalue weighted by molar-refractivity contribution is -0.116. The van der Waals surface area contributed by atoms with Gasteiger partial charge in [-0.15, -0.1) is 0 Å². The number of hydrogen-bond acceptors (Lipinski definition) is 4. The van der Waals surface area contributed by atoms with E-state index in [2.05, 4.69) is 9.71 Å². The number of nitrogens with zero attached hydrogens (tertiary/aromatic N) is 2. The molecule has 1 amide bonds. The summed E-state index contributed by atoms with van der Waals surface area (Å²) in [6.07, 6.45) is 2.34. The van der Waals surface area contributed by atoms with Crippen LogP contribution in [0.1, 0.15) is 12.5 Å². The van der Waals surface area contributed by atoms with Crippen LogP contribution in [0.5, 0.6) is 0 Å². The van der Waals surface area contributed by atoms with E-state index in [1.165, 1.54) is 13.0 Å². The second-order valence-electron chi connectivity index (χ2n) is 6.20. The maximum Gasteiger partial charge on any atom is 0.264 e. The van der Waals surface area contributed by atoms with Crippen LogP contribution >= 0.6 is 0 Å². The highest BCUT2D eigenvalue weighted by Crippen LogP contribution is 2.32. The average molecular weight is 367 g/mol. The summed E-state index contributed by atoms with van der Waals surface area (Å²) in [6.45, 7) is 2.13. The highest BCUT2D eigenvalue weighted by Gasteiger charge is 2.24. The Kier molecular flexibility index (Phi) is 3.88. The van der Waals surface area contributed by atoms with Crippen LogP contribution < -0.4 is 9.62 Å². The molecule has 0 saturated carbocycles. The molecule has 0 radical (unpaired) electrons. The Morgan fingerprint density at radius 1 is 1.15 bits per heavy atom. The van der Waals surface area contributed by atoms with E-state index in [0.717, 1.165) is 23.1 Å². The summed E-state index contributed by atoms with van der Waals surface area (Å²) < 4.78 is 28.4. The van der Waals surface area contributed by atoms with Gasteiger partial charge in [0.1, 0.15) is 4.90 Å². The van der Waals surface area contributed by atoms with Crippen LogP contribution in [0.15, 0.2) is 59.6 Å². The molecule has 1 aromatic heterocycles. The highest BCUT2D eigenvalue weighted by atomic mass is 32.2. The van der Waals surface area contributed by atoms with E-state index in [0.29, 0.717) is 17.7 Å². The van der Waals surface area contributed by atoms with Crippen LogP contribution in [0.4, 0.5) is 11.4 Å². The van der Waals surface area contributed by atoms with Crippen LogP contribution in [0.3, 0.4) is 0 Å². The molecule has 1 aliphatic heterocycles. The van der Waals surface area contributed by atoms with Gasteiger partial charge in [0.15, 0.2) is 0 Å². The second-order valence-corrected chi connectivity index (χ2v) is 7.85. The molecule has 0 fully saturated rings. The van der Waals surface area contributed by atoms with Gasteiger partial charge in [-0.05, 0) is 36.2 Å². The first kappa shape index (κ1) is 16.5. The topological polar surface area (TPSA) is 79.4 Å². The number of sulfonamides is 1. The summed E-state index contributed by atoms with van der Waals surface area (Å²) in [5.74, 6) is -0.0537. The van der Waals surface area contributed by atoms with Crippen LogP contribution in [-0.4, -0.2) is 25.9 Å². The Labute approximate surface area is 151 Å². The van der Waals surface area contributed by atoms with Crippen molar-refractivity contribution in [2.75, 3.05) is 16.2 Å². The van der Waals surface area contributed by atoms with Gasteiger partial charge in [-0.1, -0.05) is 24.3 Å². The molecule has 0 bridgehead atoms. The Morgan fingerprint density at radius 2 is 1.96 bits per heavy atom. The van der Waals surface area contributed by atoms with Crippen molar-refractivity contribution in [1.29, 1.82) is 0 Å². The molecule has 7 heteroatoms. The fourth-order valence-electron chi connectivity index (χ4n) is 3.27. The molecule has 132 valence electrons. The fourth-order valence-corrected chi connectivity index (χ4v) is 4.50. The maximum atomic E-state index is 12.9. The van der Waals surface area contributed by atoms with Gasteiger partial charge in [-0.2, -0.15) is 0 Å². The first-order valence-corrected chi connectivity index (χ1v) is 9.72. The van der Waals surface area contributed by atoms with Crippen LogP contribution in [0.2, 0.25) is 0 Å². The number of nitrogens with one attached hydrogen (secondary N) is 1. The maximum absolute atomic E-state index is 12.9. The second kappa shape index (κ2) is 6.10. The minimum absolute atomic E-state index is 0.0537. The zero-order valence-electron chi connectivity index (χ0n) is 14.1. The van der Waals surface area contributed by atoms with Crippen LogP contribution in [0, 0.1) is 0 Å². The van der Waals surface area contributed by atoms with E-state index in [9.17, 15) is 13.2 Å². The molecule has 1 N–H and O–H groups in total. The third kappa shape index (κ3) is 2.80. The number of anilines is 2. The molecule has 4 rings (SSSR count). The number of para-hydroxylation sites is 1. The molecule has 0 unspecified atom stereocenters. The first-order chi connectivity index (χ1) is 12.5. The monoisotopic (exact) mass is 367 g/mol. The van der Waals surface area contributed by atoms with E-state index in [-0.39, 0.29) is 10.8 Å². The Bertz CT molecular complexity index is 1120. The summed E-state index contributed by atoms with van der Waals surface area (Å²) in [4.78, 5) is 17.7. The molecule has 26 heavy (non-hydrogen) atoms. The minimum Gasteiger partial charge on any atom is -0.312 e. The predicted octanol–water partition coefficient (Wildman–Crippen LogP) is 2.94. The predicted molar refractivity (Wildman–Crippen MR) is 101 cm³/mol. The molecule has 1 aliphatic rings. The van der Waals surface area contributed by atoms with Crippen LogP contribution in [-0.2, 0) is 21.2 Å². The molecular weight excluding hydrogens is 350 g/mol. The number of hydrogen-bond donors (Lipinski definition) is 1. The van der Waals surface area contributed by atoms with Crippen molar-refractivity contribution in [3.63, 3.8) is 0 Å². The summed E-state index contributed by atoms with van der Waals surface area (Å²) in [7, 11) is -3.81. The molecular formula is C19H17N3O3S. The fraction of sp³-hybridized carbons (Fsp3) is 0.158. The third-order valence-corrected chi connectivity index (χ3v) is 5.91. The number of benzene rings is 2. The highest BCUT2D eigenvalue weighted by molar-refractivity contribution is 7.93. The summed E-state index contributed by atoms with van der Waals surface area (Å²) in [5.41, 5.74) is 2.64. The standard InChI is InChI=1S/C19H17N3O3S/c1-13(23)22-11-9-14-7-8-16(12-17(14)22)21-26(24,25)18-6-2-4-15-5-3-10-20-19(15)18/h2-8,10,12,21H,9,11H2,1H3. The van der Waals surface area contributed by atoms with Crippen molar-refractivity contribution in [3.8, 4) is 0 Å². The Hall–Kier alpha value is -2.93. The SMILES string of the molecule is CC(=O)N1CCc2ccc(NS(=O)(=O)c3cccc4cccnc34)cc21.